The molecule has 3 unspecified atom stereocenters. The second kappa shape index (κ2) is 11.5. The molecule has 40 heavy (non-hydrogen) atoms. The van der Waals surface area contributed by atoms with E-state index in [1.807, 2.05) is 18.2 Å². The zero-order chi connectivity index (χ0) is 28.5. The van der Waals surface area contributed by atoms with Crippen LogP contribution in [0.5, 0.6) is 0 Å². The molecule has 3 atom stereocenters. The molecule has 1 N–H and O–H groups in total. The number of thiophene rings is 1. The summed E-state index contributed by atoms with van der Waals surface area (Å²) in [6, 6.07) is 13.5. The number of hydrogen-bond acceptors (Lipinski definition) is 5. The molecule has 1 fully saturated rings. The van der Waals surface area contributed by atoms with Crippen LogP contribution in [0.25, 0.3) is 6.08 Å². The maximum atomic E-state index is 12.7. The van der Waals surface area contributed by atoms with Gasteiger partial charge in [-0.1, -0.05) is 29.8 Å². The number of aliphatic imine (C=N–C) groups is 1. The average Bonchev–Trinajstić information content (AvgIpc) is 3.46. The van der Waals surface area contributed by atoms with E-state index in [4.69, 9.17) is 11.6 Å². The molecule has 11 heteroatoms. The van der Waals surface area contributed by atoms with E-state index in [1.54, 1.807) is 6.07 Å². The molecule has 0 radical (unpaired) electrons. The van der Waals surface area contributed by atoms with E-state index >= 15 is 0 Å². The van der Waals surface area contributed by atoms with Gasteiger partial charge in [-0.3, -0.25) is 9.79 Å². The van der Waals surface area contributed by atoms with Gasteiger partial charge in [-0.25, -0.2) is 8.42 Å². The van der Waals surface area contributed by atoms with Crippen LogP contribution in [0.1, 0.15) is 35.1 Å². The molecule has 2 aliphatic rings. The molecule has 2 aliphatic carbocycles. The van der Waals surface area contributed by atoms with Gasteiger partial charge in [-0.15, -0.1) is 11.3 Å². The Morgan fingerprint density at radius 3 is 2.38 bits per heavy atom. The van der Waals surface area contributed by atoms with Gasteiger partial charge in [0, 0.05) is 18.3 Å². The first-order valence-electron chi connectivity index (χ1n) is 12.8. The molecule has 5 nitrogen and oxygen atoms in total. The highest BCUT2D eigenvalue weighted by Crippen LogP contribution is 2.45. The number of anilines is 1. The number of fused-ring (bicyclic) bond motifs is 3. The van der Waals surface area contributed by atoms with Crippen molar-refractivity contribution in [1.29, 1.82) is 0 Å². The minimum atomic E-state index is -4.41. The number of halogens is 4. The molecular formula is C29H26ClF3N2O3S2. The van der Waals surface area contributed by atoms with Gasteiger partial charge in [-0.05, 0) is 103 Å². The van der Waals surface area contributed by atoms with Gasteiger partial charge in [-0.2, -0.15) is 13.2 Å². The van der Waals surface area contributed by atoms with Crippen molar-refractivity contribution < 1.29 is 26.4 Å². The van der Waals surface area contributed by atoms with E-state index in [9.17, 15) is 26.4 Å². The largest absolute Gasteiger partial charge is 0.416 e. The fraction of sp³-hybridized carbons (Fsp3) is 0.310. The number of nitrogens with one attached hydrogen (secondary N) is 1. The highest BCUT2D eigenvalue weighted by Gasteiger charge is 2.38. The second-order valence-corrected chi connectivity index (χ2v) is 13.9. The Morgan fingerprint density at radius 2 is 1.73 bits per heavy atom. The van der Waals surface area contributed by atoms with Crippen LogP contribution in [0, 0.1) is 17.8 Å². The molecule has 210 valence electrons. The van der Waals surface area contributed by atoms with Gasteiger partial charge in [0.15, 0.2) is 0 Å². The Kier molecular flexibility index (Phi) is 8.22. The molecular weight excluding hydrogens is 581 g/mol. The van der Waals surface area contributed by atoms with Crippen molar-refractivity contribution in [3.05, 3.63) is 87.3 Å². The number of amides is 1. The number of sulfone groups is 1. The lowest BCUT2D eigenvalue weighted by Gasteiger charge is -2.19. The van der Waals surface area contributed by atoms with Crippen molar-refractivity contribution in [1.82, 2.24) is 0 Å². The molecule has 5 rings (SSSR count). The Labute approximate surface area is 239 Å². The third-order valence-electron chi connectivity index (χ3n) is 7.58. The third kappa shape index (κ3) is 6.67. The normalized spacial score (nSPS) is 21.1. The van der Waals surface area contributed by atoms with Crippen LogP contribution < -0.4 is 5.32 Å². The van der Waals surface area contributed by atoms with Crippen molar-refractivity contribution in [2.75, 3.05) is 11.9 Å². The molecule has 0 spiro atoms. The van der Waals surface area contributed by atoms with E-state index in [-0.39, 0.29) is 16.0 Å². The zero-order valence-electron chi connectivity index (χ0n) is 21.2. The number of nitrogens with zero attached hydrogens (tertiary/aromatic N) is 1. The Morgan fingerprint density at radius 1 is 1.02 bits per heavy atom. The molecule has 0 saturated heterocycles. The van der Waals surface area contributed by atoms with E-state index in [2.05, 4.69) is 10.3 Å². The zero-order valence-corrected chi connectivity index (χ0v) is 23.6. The van der Waals surface area contributed by atoms with Crippen LogP contribution in [0.4, 0.5) is 18.9 Å². The Hall–Kier alpha value is -2.95. The van der Waals surface area contributed by atoms with E-state index in [0.29, 0.717) is 34.0 Å². The minimum absolute atomic E-state index is 0.182. The first-order valence-corrected chi connectivity index (χ1v) is 15.5. The lowest BCUT2D eigenvalue weighted by Crippen LogP contribution is -2.19. The molecule has 1 amide bonds. The topological polar surface area (TPSA) is 75.6 Å². The summed E-state index contributed by atoms with van der Waals surface area (Å²) >= 11 is 6.89. The minimum Gasteiger partial charge on any atom is -0.323 e. The van der Waals surface area contributed by atoms with Gasteiger partial charge < -0.3 is 5.32 Å². The molecule has 1 saturated carbocycles. The summed E-state index contributed by atoms with van der Waals surface area (Å²) in [5.41, 5.74) is 3.83. The quantitative estimate of drug-likeness (QED) is 0.174. The Balaban J connectivity index is 1.21. The van der Waals surface area contributed by atoms with Crippen molar-refractivity contribution in [2.45, 2.75) is 36.1 Å². The summed E-state index contributed by atoms with van der Waals surface area (Å²) in [7, 11) is -3.61. The van der Waals surface area contributed by atoms with Crippen LogP contribution in [-0.4, -0.2) is 26.4 Å². The number of hydrogen-bond donors (Lipinski definition) is 1. The van der Waals surface area contributed by atoms with Crippen molar-refractivity contribution in [3.63, 3.8) is 0 Å². The van der Waals surface area contributed by atoms with Crippen LogP contribution >= 0.6 is 22.9 Å². The second-order valence-electron chi connectivity index (χ2n) is 10.2. The van der Waals surface area contributed by atoms with E-state index in [0.717, 1.165) is 60.3 Å². The standard InChI is InChI=1S/C29H26ClF3N2O3S2/c30-26-10-12-28(39-26)40(37,38)17-34-16-25-20-4-5-21(25)14-22-15-24(9-6-19(22)13-20)35-27(36)11-3-18-1-7-23(8-2-18)29(31,32)33/h1-3,6-12,15,17,20-21,25H,4-5,13-14,16H2,(H,35,36). The maximum Gasteiger partial charge on any atom is 0.416 e. The summed E-state index contributed by atoms with van der Waals surface area (Å²) in [5, 5.41) is 2.84. The van der Waals surface area contributed by atoms with Crippen LogP contribution in [0.15, 0.2) is 69.9 Å². The van der Waals surface area contributed by atoms with Crippen LogP contribution in [0.3, 0.4) is 0 Å². The summed E-state index contributed by atoms with van der Waals surface area (Å²) in [4.78, 5) is 16.8. The van der Waals surface area contributed by atoms with Crippen molar-refractivity contribution in [3.8, 4) is 0 Å². The number of alkyl halides is 3. The third-order valence-corrected chi connectivity index (χ3v) is 10.7. The monoisotopic (exact) mass is 606 g/mol. The molecule has 3 aromatic rings. The SMILES string of the molecule is O=C(C=Cc1ccc(C(F)(F)F)cc1)Nc1ccc2c(c1)CC1CCC(C2)C1CN=CS(=O)(=O)c1ccc(Cl)s1. The average molecular weight is 607 g/mol. The number of carbonyl (C=O) groups is 1. The fourth-order valence-electron chi connectivity index (χ4n) is 5.61. The first-order chi connectivity index (χ1) is 19.0. The van der Waals surface area contributed by atoms with Gasteiger partial charge in [0.05, 0.1) is 9.90 Å². The van der Waals surface area contributed by atoms with Gasteiger partial charge >= 0.3 is 6.18 Å². The lowest BCUT2D eigenvalue weighted by molar-refractivity contribution is -0.137. The lowest BCUT2D eigenvalue weighted by atomic mass is 9.88. The number of carbonyl (C=O) groups excluding carboxylic acids is 1. The molecule has 1 heterocycles. The fourth-order valence-corrected chi connectivity index (χ4v) is 8.03. The van der Waals surface area contributed by atoms with E-state index in [1.165, 1.54) is 35.9 Å². The maximum absolute atomic E-state index is 12.7. The summed E-state index contributed by atoms with van der Waals surface area (Å²) in [6.07, 6.45) is 2.18. The predicted molar refractivity (Wildman–Crippen MR) is 153 cm³/mol. The van der Waals surface area contributed by atoms with Crippen LogP contribution in [-0.2, 0) is 33.6 Å². The summed E-state index contributed by atoms with van der Waals surface area (Å²) < 4.78 is 63.9. The highest BCUT2D eigenvalue weighted by molar-refractivity contribution is 8.06. The van der Waals surface area contributed by atoms with Crippen molar-refractivity contribution in [2.24, 2.45) is 22.7 Å². The van der Waals surface area contributed by atoms with Gasteiger partial charge in [0.2, 0.25) is 15.7 Å². The summed E-state index contributed by atoms with van der Waals surface area (Å²) in [6.45, 7) is 0.444. The Bertz CT molecular complexity index is 1560. The molecule has 1 aromatic heterocycles. The predicted octanol–water partition coefficient (Wildman–Crippen LogP) is 7.32. The number of benzene rings is 2. The molecule has 2 aromatic carbocycles. The highest BCUT2D eigenvalue weighted by atomic mass is 35.5. The van der Waals surface area contributed by atoms with E-state index < -0.39 is 21.6 Å². The van der Waals surface area contributed by atoms with Gasteiger partial charge in [0.1, 0.15) is 9.76 Å². The number of rotatable bonds is 7. The summed E-state index contributed by atoms with van der Waals surface area (Å²) in [5.74, 6) is 0.674. The molecule has 0 aliphatic heterocycles. The smallest absolute Gasteiger partial charge is 0.323 e. The molecule has 2 bridgehead atoms. The van der Waals surface area contributed by atoms with Crippen LogP contribution in [0.2, 0.25) is 4.34 Å². The van der Waals surface area contributed by atoms with Gasteiger partial charge in [0.25, 0.3) is 0 Å². The first kappa shape index (κ1) is 28.6. The van der Waals surface area contributed by atoms with Crippen molar-refractivity contribution >= 4 is 56.0 Å².